The van der Waals surface area contributed by atoms with Crippen molar-refractivity contribution in [2.24, 2.45) is 5.92 Å². The van der Waals surface area contributed by atoms with Crippen LogP contribution in [0.2, 0.25) is 5.02 Å². The van der Waals surface area contributed by atoms with E-state index >= 15 is 0 Å². The summed E-state index contributed by atoms with van der Waals surface area (Å²) in [6, 6.07) is 11.0. The summed E-state index contributed by atoms with van der Waals surface area (Å²) >= 11 is 6.04. The van der Waals surface area contributed by atoms with E-state index in [2.05, 4.69) is 24.4 Å². The van der Waals surface area contributed by atoms with Gasteiger partial charge in [-0.15, -0.1) is 0 Å². The lowest BCUT2D eigenvalue weighted by Gasteiger charge is -2.24. The highest BCUT2D eigenvalue weighted by Crippen LogP contribution is 2.29. The van der Waals surface area contributed by atoms with E-state index in [-0.39, 0.29) is 5.92 Å². The first-order valence-electron chi connectivity index (χ1n) is 6.65. The highest BCUT2D eigenvalue weighted by atomic mass is 35.5. The van der Waals surface area contributed by atoms with Gasteiger partial charge in [-0.3, -0.25) is 0 Å². The van der Waals surface area contributed by atoms with Crippen molar-refractivity contribution >= 4 is 11.6 Å². The van der Waals surface area contributed by atoms with Gasteiger partial charge in [0.1, 0.15) is 0 Å². The molecule has 2 rings (SSSR count). The molecule has 0 saturated heterocycles. The van der Waals surface area contributed by atoms with Gasteiger partial charge in [0, 0.05) is 17.1 Å². The SMILES string of the molecule is CCC(NC1CCCC1C#N)c1cccc(Cl)c1. The van der Waals surface area contributed by atoms with Crippen molar-refractivity contribution in [3.8, 4) is 6.07 Å². The standard InChI is InChI=1S/C15H19ClN2/c1-2-14(11-5-3-7-13(16)9-11)18-15-8-4-6-12(15)10-17/h3,5,7,9,12,14-15,18H,2,4,6,8H2,1H3. The van der Waals surface area contributed by atoms with Crippen LogP contribution in [0.3, 0.4) is 0 Å². The minimum atomic E-state index is 0.165. The first-order valence-corrected chi connectivity index (χ1v) is 7.03. The summed E-state index contributed by atoms with van der Waals surface area (Å²) in [6.07, 6.45) is 4.30. The third-order valence-electron chi connectivity index (χ3n) is 3.76. The number of rotatable bonds is 4. The monoisotopic (exact) mass is 262 g/mol. The number of nitrogens with zero attached hydrogens (tertiary/aromatic N) is 1. The van der Waals surface area contributed by atoms with Crippen LogP contribution in [0.1, 0.15) is 44.2 Å². The Morgan fingerprint density at radius 3 is 3.00 bits per heavy atom. The number of hydrogen-bond acceptors (Lipinski definition) is 2. The number of halogens is 1. The van der Waals surface area contributed by atoms with Crippen molar-refractivity contribution in [3.05, 3.63) is 34.9 Å². The van der Waals surface area contributed by atoms with Crippen LogP contribution in [0.15, 0.2) is 24.3 Å². The molecule has 3 unspecified atom stereocenters. The average Bonchev–Trinajstić information content (AvgIpc) is 2.83. The Morgan fingerprint density at radius 2 is 2.33 bits per heavy atom. The molecule has 1 aliphatic carbocycles. The van der Waals surface area contributed by atoms with Crippen LogP contribution >= 0.6 is 11.6 Å². The summed E-state index contributed by atoms with van der Waals surface area (Å²) in [5, 5.41) is 13.5. The molecule has 18 heavy (non-hydrogen) atoms. The molecule has 1 aromatic carbocycles. The van der Waals surface area contributed by atoms with Gasteiger partial charge < -0.3 is 5.32 Å². The average molecular weight is 263 g/mol. The number of hydrogen-bond donors (Lipinski definition) is 1. The second kappa shape index (κ2) is 6.22. The molecule has 0 amide bonds. The summed E-state index contributed by atoms with van der Waals surface area (Å²) in [4.78, 5) is 0. The van der Waals surface area contributed by atoms with E-state index in [1.165, 1.54) is 5.56 Å². The quantitative estimate of drug-likeness (QED) is 0.888. The minimum absolute atomic E-state index is 0.165. The van der Waals surface area contributed by atoms with Crippen LogP contribution in [-0.2, 0) is 0 Å². The Labute approximate surface area is 114 Å². The summed E-state index contributed by atoms with van der Waals surface area (Å²) in [7, 11) is 0. The predicted octanol–water partition coefficient (Wildman–Crippen LogP) is 4.07. The molecular formula is C15H19ClN2. The van der Waals surface area contributed by atoms with E-state index in [1.54, 1.807) is 0 Å². The zero-order valence-electron chi connectivity index (χ0n) is 10.7. The first kappa shape index (κ1) is 13.4. The molecule has 1 aliphatic rings. The van der Waals surface area contributed by atoms with E-state index in [4.69, 9.17) is 16.9 Å². The molecule has 0 heterocycles. The Balaban J connectivity index is 2.08. The highest BCUT2D eigenvalue weighted by molar-refractivity contribution is 6.30. The van der Waals surface area contributed by atoms with Gasteiger partial charge in [-0.25, -0.2) is 0 Å². The molecule has 1 aromatic rings. The lowest BCUT2D eigenvalue weighted by atomic mass is 10.00. The van der Waals surface area contributed by atoms with Crippen molar-refractivity contribution in [2.75, 3.05) is 0 Å². The van der Waals surface area contributed by atoms with Crippen molar-refractivity contribution in [1.29, 1.82) is 5.26 Å². The largest absolute Gasteiger partial charge is 0.306 e. The molecule has 2 nitrogen and oxygen atoms in total. The van der Waals surface area contributed by atoms with Crippen LogP contribution in [0, 0.1) is 17.2 Å². The first-order chi connectivity index (χ1) is 8.74. The van der Waals surface area contributed by atoms with Crippen LogP contribution in [0.25, 0.3) is 0 Å². The van der Waals surface area contributed by atoms with E-state index in [1.807, 2.05) is 18.2 Å². The van der Waals surface area contributed by atoms with Gasteiger partial charge in [-0.1, -0.05) is 37.1 Å². The van der Waals surface area contributed by atoms with Crippen molar-refractivity contribution < 1.29 is 0 Å². The predicted molar refractivity (Wildman–Crippen MR) is 74.4 cm³/mol. The van der Waals surface area contributed by atoms with Crippen molar-refractivity contribution in [3.63, 3.8) is 0 Å². The number of nitrogens with one attached hydrogen (secondary N) is 1. The van der Waals surface area contributed by atoms with Gasteiger partial charge >= 0.3 is 0 Å². The zero-order chi connectivity index (χ0) is 13.0. The maximum atomic E-state index is 9.13. The minimum Gasteiger partial charge on any atom is -0.306 e. The molecule has 0 radical (unpaired) electrons. The molecule has 3 atom stereocenters. The van der Waals surface area contributed by atoms with Crippen LogP contribution in [0.4, 0.5) is 0 Å². The Hall–Kier alpha value is -1.04. The van der Waals surface area contributed by atoms with Gasteiger partial charge in [0.25, 0.3) is 0 Å². The second-order valence-electron chi connectivity index (χ2n) is 4.96. The summed E-state index contributed by atoms with van der Waals surface area (Å²) in [5.74, 6) is 0.165. The van der Waals surface area contributed by atoms with Crippen molar-refractivity contribution in [2.45, 2.75) is 44.7 Å². The molecule has 3 heteroatoms. The fourth-order valence-electron chi connectivity index (χ4n) is 2.75. The smallest absolute Gasteiger partial charge is 0.0672 e. The third kappa shape index (κ3) is 3.04. The number of nitriles is 1. The van der Waals surface area contributed by atoms with E-state index in [9.17, 15) is 0 Å². The maximum Gasteiger partial charge on any atom is 0.0672 e. The van der Waals surface area contributed by atoms with E-state index < -0.39 is 0 Å². The second-order valence-corrected chi connectivity index (χ2v) is 5.39. The lowest BCUT2D eigenvalue weighted by Crippen LogP contribution is -2.34. The van der Waals surface area contributed by atoms with E-state index in [0.717, 1.165) is 30.7 Å². The molecule has 0 aromatic heterocycles. The highest BCUT2D eigenvalue weighted by Gasteiger charge is 2.28. The molecular weight excluding hydrogens is 244 g/mol. The number of benzene rings is 1. The molecule has 0 spiro atoms. The van der Waals surface area contributed by atoms with Crippen LogP contribution < -0.4 is 5.32 Å². The Kier molecular flexibility index (Phi) is 4.63. The molecule has 96 valence electrons. The Morgan fingerprint density at radius 1 is 1.50 bits per heavy atom. The van der Waals surface area contributed by atoms with Gasteiger partial charge in [0.15, 0.2) is 0 Å². The summed E-state index contributed by atoms with van der Waals surface area (Å²) in [6.45, 7) is 2.16. The van der Waals surface area contributed by atoms with Gasteiger partial charge in [-0.2, -0.15) is 5.26 Å². The molecule has 1 N–H and O–H groups in total. The fourth-order valence-corrected chi connectivity index (χ4v) is 2.94. The lowest BCUT2D eigenvalue weighted by molar-refractivity contribution is 0.394. The zero-order valence-corrected chi connectivity index (χ0v) is 11.5. The topological polar surface area (TPSA) is 35.8 Å². The fraction of sp³-hybridized carbons (Fsp3) is 0.533. The van der Waals surface area contributed by atoms with Crippen molar-refractivity contribution in [1.82, 2.24) is 5.32 Å². The van der Waals surface area contributed by atoms with Gasteiger partial charge in [0.05, 0.1) is 12.0 Å². The Bertz CT molecular complexity index is 438. The maximum absolute atomic E-state index is 9.13. The summed E-state index contributed by atoms with van der Waals surface area (Å²) in [5.41, 5.74) is 1.22. The van der Waals surface area contributed by atoms with E-state index in [0.29, 0.717) is 12.1 Å². The molecule has 1 saturated carbocycles. The van der Waals surface area contributed by atoms with Gasteiger partial charge in [-0.05, 0) is 37.0 Å². The van der Waals surface area contributed by atoms with Crippen LogP contribution in [-0.4, -0.2) is 6.04 Å². The molecule has 0 aliphatic heterocycles. The molecule has 1 fully saturated rings. The third-order valence-corrected chi connectivity index (χ3v) is 3.99. The van der Waals surface area contributed by atoms with Crippen LogP contribution in [0.5, 0.6) is 0 Å². The van der Waals surface area contributed by atoms with Gasteiger partial charge in [0.2, 0.25) is 0 Å². The molecule has 0 bridgehead atoms. The normalized spacial score (nSPS) is 24.7. The summed E-state index contributed by atoms with van der Waals surface area (Å²) < 4.78 is 0.